The maximum absolute atomic E-state index is 14.1. The van der Waals surface area contributed by atoms with Crippen molar-refractivity contribution < 1.29 is 19.1 Å². The third-order valence-corrected chi connectivity index (χ3v) is 10.6. The van der Waals surface area contributed by atoms with Crippen molar-refractivity contribution in [2.45, 2.75) is 70.4 Å². The van der Waals surface area contributed by atoms with Gasteiger partial charge in [-0.3, -0.25) is 14.4 Å². The molecule has 4 aliphatic rings. The quantitative estimate of drug-likeness (QED) is 0.484. The first-order valence-corrected chi connectivity index (χ1v) is 15.0. The number of anilines is 1. The number of amides is 3. The average Bonchev–Trinajstić information content (AvgIpc) is 3.67. The Labute approximate surface area is 237 Å². The number of halogens is 1. The molecule has 8 atom stereocenters. The molecule has 1 spiro atoms. The lowest BCUT2D eigenvalue weighted by Crippen LogP contribution is -2.57. The van der Waals surface area contributed by atoms with Gasteiger partial charge in [-0.05, 0) is 54.3 Å². The van der Waals surface area contributed by atoms with Gasteiger partial charge in [-0.2, -0.15) is 0 Å². The van der Waals surface area contributed by atoms with Crippen LogP contribution < -0.4 is 10.6 Å². The summed E-state index contributed by atoms with van der Waals surface area (Å²) in [5, 5.41) is 8.75. The van der Waals surface area contributed by atoms with Crippen molar-refractivity contribution in [2.75, 3.05) is 5.32 Å². The van der Waals surface area contributed by atoms with Gasteiger partial charge in [-0.25, -0.2) is 0 Å². The van der Waals surface area contributed by atoms with Crippen molar-refractivity contribution in [1.29, 1.82) is 0 Å². The number of ether oxygens (including phenoxy) is 1. The molecule has 1 saturated carbocycles. The van der Waals surface area contributed by atoms with E-state index in [0.717, 1.165) is 29.7 Å². The molecule has 0 unspecified atom stereocenters. The van der Waals surface area contributed by atoms with Crippen LogP contribution in [0.1, 0.15) is 43.6 Å². The van der Waals surface area contributed by atoms with E-state index >= 15 is 0 Å². The Balaban J connectivity index is 1.31. The number of nitrogens with one attached hydrogen (secondary N) is 2. The Morgan fingerprint density at radius 2 is 2.03 bits per heavy atom. The molecule has 39 heavy (non-hydrogen) atoms. The van der Waals surface area contributed by atoms with Crippen LogP contribution in [-0.2, 0) is 25.7 Å². The summed E-state index contributed by atoms with van der Waals surface area (Å²) in [4.78, 5) is 44.5. The molecule has 2 saturated heterocycles. The van der Waals surface area contributed by atoms with Crippen molar-refractivity contribution in [2.24, 2.45) is 23.7 Å². The Kier molecular flexibility index (Phi) is 6.84. The molecular formula is C30H34ClN3O4S. The first kappa shape index (κ1) is 26.5. The fourth-order valence-corrected chi connectivity index (χ4v) is 7.83. The first-order chi connectivity index (χ1) is 18.7. The largest absolute Gasteiger partial charge is 0.359 e. The van der Waals surface area contributed by atoms with Crippen LogP contribution in [0.3, 0.4) is 0 Å². The predicted octanol–water partition coefficient (Wildman–Crippen LogP) is 4.94. The van der Waals surface area contributed by atoms with Gasteiger partial charge >= 0.3 is 0 Å². The van der Waals surface area contributed by atoms with Crippen LogP contribution in [0.15, 0.2) is 47.9 Å². The second-order valence-electron chi connectivity index (χ2n) is 11.6. The third kappa shape index (κ3) is 4.41. The summed E-state index contributed by atoms with van der Waals surface area (Å²) in [6.07, 6.45) is 6.27. The fourth-order valence-electron chi connectivity index (χ4n) is 6.95. The average molecular weight is 568 g/mol. The number of aryl methyl sites for hydroxylation is 1. The zero-order valence-electron chi connectivity index (χ0n) is 22.4. The monoisotopic (exact) mass is 567 g/mol. The molecule has 2 bridgehead atoms. The van der Waals surface area contributed by atoms with Crippen LogP contribution in [0.5, 0.6) is 0 Å². The standard InChI is InChI=1S/C30H34ClN3O4S/c1-16-6-4-8-22(18(16)3)33-28(36)26-30-12-11-23(38-30)24(27(35)32-19-10-9-17(2)21(31)14-19)25(30)29(37)34(26)15-20-7-5-13-39-20/h5,7,9-14,16,18,22-26H,4,6,8,15H2,1-3H3,(H,32,35)(H,33,36)/t16-,18+,22+,23+,24-,25+,26+,30+/m0/s1. The molecule has 2 aromatic rings. The molecule has 1 aromatic carbocycles. The number of hydrogen-bond acceptors (Lipinski definition) is 5. The summed E-state index contributed by atoms with van der Waals surface area (Å²) < 4.78 is 6.47. The van der Waals surface area contributed by atoms with E-state index in [2.05, 4.69) is 24.5 Å². The molecule has 9 heteroatoms. The normalized spacial score (nSPS) is 34.8. The van der Waals surface area contributed by atoms with E-state index in [1.54, 1.807) is 28.4 Å². The highest BCUT2D eigenvalue weighted by atomic mass is 35.5. The Bertz CT molecular complexity index is 1330. The lowest BCUT2D eigenvalue weighted by molar-refractivity contribution is -0.142. The van der Waals surface area contributed by atoms with Gasteiger partial charge in [0, 0.05) is 21.6 Å². The van der Waals surface area contributed by atoms with Gasteiger partial charge in [-0.15, -0.1) is 11.3 Å². The van der Waals surface area contributed by atoms with Crippen LogP contribution >= 0.6 is 22.9 Å². The van der Waals surface area contributed by atoms with E-state index in [-0.39, 0.29) is 23.8 Å². The number of benzene rings is 1. The summed E-state index contributed by atoms with van der Waals surface area (Å²) in [6.45, 7) is 6.61. The molecule has 3 aliphatic heterocycles. The van der Waals surface area contributed by atoms with Gasteiger partial charge < -0.3 is 20.3 Å². The number of carbonyl (C=O) groups is 3. The molecule has 2 N–H and O–H groups in total. The maximum atomic E-state index is 14.1. The van der Waals surface area contributed by atoms with Crippen LogP contribution in [0.2, 0.25) is 5.02 Å². The second kappa shape index (κ2) is 10.1. The third-order valence-electron chi connectivity index (χ3n) is 9.31. The van der Waals surface area contributed by atoms with Gasteiger partial charge in [0.25, 0.3) is 0 Å². The summed E-state index contributed by atoms with van der Waals surface area (Å²) in [5.74, 6) is -1.41. The molecule has 3 amide bonds. The molecule has 4 heterocycles. The number of carbonyl (C=O) groups excluding carboxylic acids is 3. The highest BCUT2D eigenvalue weighted by Crippen LogP contribution is 2.55. The highest BCUT2D eigenvalue weighted by molar-refractivity contribution is 7.09. The van der Waals surface area contributed by atoms with E-state index in [1.165, 1.54) is 0 Å². The number of likely N-dealkylation sites (tertiary alicyclic amines) is 1. The van der Waals surface area contributed by atoms with Crippen LogP contribution in [0.4, 0.5) is 5.69 Å². The number of hydrogen-bond donors (Lipinski definition) is 2. The zero-order chi connectivity index (χ0) is 27.5. The van der Waals surface area contributed by atoms with Crippen LogP contribution in [-0.4, -0.2) is 46.4 Å². The van der Waals surface area contributed by atoms with E-state index in [9.17, 15) is 14.4 Å². The predicted molar refractivity (Wildman–Crippen MR) is 151 cm³/mol. The lowest BCUT2D eigenvalue weighted by Gasteiger charge is -2.38. The number of fused-ring (bicyclic) bond motifs is 1. The lowest BCUT2D eigenvalue weighted by atomic mass is 9.73. The SMILES string of the molecule is Cc1ccc(NC(=O)[C@H]2[C@H]3C=C[C@@]4(O3)[C@H]2C(=O)N(Cc2cccs2)[C@@H]4C(=O)N[C@@H]2CCC[C@H](C)[C@H]2C)cc1Cl. The zero-order valence-corrected chi connectivity index (χ0v) is 23.9. The van der Waals surface area contributed by atoms with Crippen molar-refractivity contribution in [3.8, 4) is 0 Å². The van der Waals surface area contributed by atoms with E-state index in [0.29, 0.717) is 29.1 Å². The van der Waals surface area contributed by atoms with Gasteiger partial charge in [0.2, 0.25) is 17.7 Å². The van der Waals surface area contributed by atoms with E-state index in [1.807, 2.05) is 42.7 Å². The highest BCUT2D eigenvalue weighted by Gasteiger charge is 2.72. The molecule has 6 rings (SSSR count). The molecular weight excluding hydrogens is 534 g/mol. The topological polar surface area (TPSA) is 87.7 Å². The van der Waals surface area contributed by atoms with Gasteiger partial charge in [0.05, 0.1) is 24.5 Å². The fraction of sp³-hybridized carbons (Fsp3) is 0.500. The summed E-state index contributed by atoms with van der Waals surface area (Å²) in [7, 11) is 0. The van der Waals surface area contributed by atoms with Gasteiger partial charge in [0.15, 0.2) is 0 Å². The van der Waals surface area contributed by atoms with E-state index in [4.69, 9.17) is 16.3 Å². The minimum atomic E-state index is -1.18. The minimum absolute atomic E-state index is 0.0448. The number of rotatable bonds is 6. The van der Waals surface area contributed by atoms with Gasteiger partial charge in [0.1, 0.15) is 11.6 Å². The summed E-state index contributed by atoms with van der Waals surface area (Å²) in [5.41, 5.74) is 0.289. The Morgan fingerprint density at radius 3 is 2.77 bits per heavy atom. The van der Waals surface area contributed by atoms with Crippen molar-refractivity contribution in [3.05, 3.63) is 63.3 Å². The second-order valence-corrected chi connectivity index (χ2v) is 13.0. The first-order valence-electron chi connectivity index (χ1n) is 13.8. The Morgan fingerprint density at radius 1 is 1.21 bits per heavy atom. The van der Waals surface area contributed by atoms with Gasteiger partial charge in [-0.1, -0.05) is 62.6 Å². The van der Waals surface area contributed by atoms with E-state index < -0.39 is 29.6 Å². The van der Waals surface area contributed by atoms with Crippen LogP contribution in [0, 0.1) is 30.6 Å². The molecule has 1 aromatic heterocycles. The molecule has 206 valence electrons. The number of nitrogens with zero attached hydrogens (tertiary/aromatic N) is 1. The van der Waals surface area contributed by atoms with Crippen molar-refractivity contribution in [1.82, 2.24) is 10.2 Å². The minimum Gasteiger partial charge on any atom is -0.359 e. The van der Waals surface area contributed by atoms with Crippen molar-refractivity contribution >= 4 is 46.3 Å². The molecule has 0 radical (unpaired) electrons. The maximum Gasteiger partial charge on any atom is 0.246 e. The smallest absolute Gasteiger partial charge is 0.246 e. The Hall–Kier alpha value is -2.68. The summed E-state index contributed by atoms with van der Waals surface area (Å²) in [6, 6.07) is 8.43. The van der Waals surface area contributed by atoms with Crippen molar-refractivity contribution in [3.63, 3.8) is 0 Å². The molecule has 3 fully saturated rings. The van der Waals surface area contributed by atoms with Crippen LogP contribution in [0.25, 0.3) is 0 Å². The molecule has 1 aliphatic carbocycles. The molecule has 7 nitrogen and oxygen atoms in total. The number of thiophene rings is 1. The summed E-state index contributed by atoms with van der Waals surface area (Å²) >= 11 is 7.82.